The van der Waals surface area contributed by atoms with Gasteiger partial charge >= 0.3 is 0 Å². The average molecular weight is 1480 g/mol. The van der Waals surface area contributed by atoms with E-state index < -0.39 is 0 Å². The monoisotopic (exact) mass is 1480 g/mol. The van der Waals surface area contributed by atoms with Gasteiger partial charge < -0.3 is 29.9 Å². The molecule has 0 fully saturated rings. The van der Waals surface area contributed by atoms with E-state index in [0.717, 1.165) is 307 Å². The van der Waals surface area contributed by atoms with Crippen molar-refractivity contribution < 1.29 is 0 Å². The second kappa shape index (κ2) is 30.1. The summed E-state index contributed by atoms with van der Waals surface area (Å²) in [5.41, 5.74) is 52.0. The van der Waals surface area contributed by atoms with Crippen molar-refractivity contribution in [3.8, 4) is 67.5 Å². The molecule has 6 aliphatic rings. The topological polar surface area (TPSA) is 172 Å². The number of benzene rings is 2. The van der Waals surface area contributed by atoms with Crippen molar-refractivity contribution in [1.29, 1.82) is 0 Å². The first-order valence-electron chi connectivity index (χ1n) is 42.6. The van der Waals surface area contributed by atoms with E-state index in [-0.39, 0.29) is 0 Å². The largest absolute Gasteiger partial charge is 0.355 e. The Morgan fingerprint density at radius 3 is 0.625 bits per heavy atom. The number of fused-ring (bicyclic) bond motifs is 36. The van der Waals surface area contributed by atoms with Gasteiger partial charge in [0.25, 0.3) is 0 Å². The molecule has 570 valence electrons. The van der Waals surface area contributed by atoms with Crippen LogP contribution in [0.3, 0.4) is 0 Å². The number of rotatable bonds is 20. The number of hydrogen-bond donors (Lipinski definition) is 6. The van der Waals surface area contributed by atoms with Gasteiger partial charge in [-0.1, -0.05) is 109 Å². The van der Waals surface area contributed by atoms with Crippen LogP contribution in [0.15, 0.2) is 97.1 Å². The molecule has 24 bridgehead atoms. The average Bonchev–Trinajstić information content (AvgIpc) is 1.57. The number of unbranched alkanes of at least 4 members (excludes halogenated alkanes) is 4. The molecule has 112 heavy (non-hydrogen) atoms. The van der Waals surface area contributed by atoms with Crippen molar-refractivity contribution in [1.82, 2.24) is 59.8 Å². The molecule has 11 aromatic rings. The summed E-state index contributed by atoms with van der Waals surface area (Å²) < 4.78 is 0. The molecular weight excluding hydrogens is 1370 g/mol. The van der Waals surface area contributed by atoms with E-state index in [1.54, 1.807) is 0 Å². The molecule has 0 saturated carbocycles. The van der Waals surface area contributed by atoms with Crippen LogP contribution in [0.2, 0.25) is 0 Å². The molecule has 0 saturated heterocycles. The highest BCUT2D eigenvalue weighted by molar-refractivity contribution is 6.13. The molecule has 0 amide bonds. The lowest BCUT2D eigenvalue weighted by Crippen LogP contribution is -1.87. The fourth-order valence-corrected chi connectivity index (χ4v) is 19.4. The van der Waals surface area contributed by atoms with Gasteiger partial charge in [0.15, 0.2) is 0 Å². The maximum Gasteiger partial charge on any atom is 0.0737 e. The second-order valence-electron chi connectivity index (χ2n) is 32.1. The number of allylic oxidation sites excluding steroid dienone is 6. The summed E-state index contributed by atoms with van der Waals surface area (Å²) in [5.74, 6) is 0. The standard InChI is InChI=1S/C100H110N12/c1-17-29-33-65-53(13)77-41-93-69-37-73-75(39-71(69)95(109-93)43-79-55(15)67(35-31-19-3)91(103-79)48-85-61(25-9)59(23-7)83(107-85)46-89(65)101-77)99-52-100-76-40-72-70(38-74(76)98(112-100)51-88-64(28-12)58(22-6)82(106-88)45-81-57(21-5)63(27-11)87(105-81)50-97(73)111-99)94-42-78-54(14)66(34-30-18-2)90(102-78)47-84-60(24-8)62(26-10)86(108-84)49-92-68(36-32-20-4)56(16)80(104-92)44-96(72)110-94/h37-52,101-105,112H,17-36H2,1-16H3. The minimum absolute atomic E-state index is 0.846. The van der Waals surface area contributed by atoms with E-state index in [1.807, 2.05) is 0 Å². The zero-order valence-electron chi connectivity index (χ0n) is 69.1. The van der Waals surface area contributed by atoms with Crippen LogP contribution in [0, 0.1) is 27.7 Å². The van der Waals surface area contributed by atoms with Crippen LogP contribution in [-0.4, -0.2) is 59.8 Å². The molecule has 6 aliphatic heterocycles. The van der Waals surface area contributed by atoms with Crippen LogP contribution in [0.4, 0.5) is 0 Å². The fraction of sp³-hybridized carbons (Fsp3) is 0.360. The molecule has 0 radical (unpaired) electrons. The number of aromatic nitrogens is 12. The summed E-state index contributed by atoms with van der Waals surface area (Å²) in [6.07, 6.45) is 19.7. The SMILES string of the molecule is CCCCc1c(C)c2cc3nc(cc4[nH]c(cc5nc(cc1[nH]2)C(CC)=C5CC)c(CCCC)c4C)-c1cc2c(cc1-3)-c1cc3[nH]c(cc4nc(cc5[nH]c(cc-2n1)c1cc2c(cc51)-c1cc5[nH]c(cc6nc(cc7[nH]c(cc-2n1)c(C)c7CCCC)C(CC)=C6CC)c(CCCC)c5C)C(CC)=C4CC)c(CC)c3CC. The molecule has 12 nitrogen and oxygen atoms in total. The quantitative estimate of drug-likeness (QED) is 0.0443. The molecule has 15 heterocycles. The van der Waals surface area contributed by atoms with Gasteiger partial charge in [0, 0.05) is 110 Å². The predicted molar refractivity (Wildman–Crippen MR) is 475 cm³/mol. The Hall–Kier alpha value is -10.7. The minimum atomic E-state index is 0.846. The molecule has 9 aromatic heterocycles. The lowest BCUT2D eigenvalue weighted by Gasteiger charge is -2.06. The Balaban J connectivity index is 0.976. The summed E-state index contributed by atoms with van der Waals surface area (Å²) in [7, 11) is 0. The van der Waals surface area contributed by atoms with Gasteiger partial charge in [-0.2, -0.15) is 0 Å². The molecule has 12 heteroatoms. The van der Waals surface area contributed by atoms with Crippen LogP contribution in [0.25, 0.3) is 178 Å². The van der Waals surface area contributed by atoms with E-state index in [1.165, 1.54) is 89.1 Å². The normalized spacial score (nSPS) is 13.2. The predicted octanol–water partition coefficient (Wildman–Crippen LogP) is 27.6. The first kappa shape index (κ1) is 74.0. The van der Waals surface area contributed by atoms with E-state index in [4.69, 9.17) is 29.9 Å². The first-order chi connectivity index (χ1) is 54.6. The summed E-state index contributed by atoms with van der Waals surface area (Å²) in [6, 6.07) is 37.7. The smallest absolute Gasteiger partial charge is 0.0737 e. The third-order valence-corrected chi connectivity index (χ3v) is 25.6. The number of aryl methyl sites for hydroxylation is 10. The summed E-state index contributed by atoms with van der Waals surface area (Å²) >= 11 is 0. The molecule has 2 aromatic carbocycles. The second-order valence-corrected chi connectivity index (χ2v) is 32.1. The lowest BCUT2D eigenvalue weighted by atomic mass is 9.94. The van der Waals surface area contributed by atoms with Gasteiger partial charge in [-0.3, -0.25) is 0 Å². The van der Waals surface area contributed by atoms with Crippen molar-refractivity contribution in [3.63, 3.8) is 0 Å². The van der Waals surface area contributed by atoms with Gasteiger partial charge in [-0.15, -0.1) is 0 Å². The third kappa shape index (κ3) is 12.5. The Kier molecular flexibility index (Phi) is 19.9. The molecule has 17 rings (SSSR count). The highest BCUT2D eigenvalue weighted by atomic mass is 14.8. The Morgan fingerprint density at radius 1 is 0.196 bits per heavy atom. The first-order valence-corrected chi connectivity index (χ1v) is 42.6. The van der Waals surface area contributed by atoms with Gasteiger partial charge in [-0.25, -0.2) is 29.9 Å². The van der Waals surface area contributed by atoms with E-state index in [2.05, 4.69) is 238 Å². The van der Waals surface area contributed by atoms with E-state index in [9.17, 15) is 0 Å². The van der Waals surface area contributed by atoms with Crippen molar-refractivity contribution in [2.45, 2.75) is 239 Å². The maximum atomic E-state index is 5.93. The zero-order chi connectivity index (χ0) is 77.7. The van der Waals surface area contributed by atoms with Crippen molar-refractivity contribution in [2.24, 2.45) is 0 Å². The maximum absolute atomic E-state index is 5.93. The molecule has 6 N–H and O–H groups in total. The fourth-order valence-electron chi connectivity index (χ4n) is 19.4. The highest BCUT2D eigenvalue weighted by Crippen LogP contribution is 2.50. The van der Waals surface area contributed by atoms with Crippen LogP contribution < -0.4 is 0 Å². The van der Waals surface area contributed by atoms with Crippen LogP contribution in [0.1, 0.15) is 263 Å². The van der Waals surface area contributed by atoms with Crippen LogP contribution >= 0.6 is 0 Å². The number of nitrogens with zero attached hydrogens (tertiary/aromatic N) is 6. The van der Waals surface area contributed by atoms with Gasteiger partial charge in [0.2, 0.25) is 0 Å². The number of aromatic amines is 6. The van der Waals surface area contributed by atoms with Gasteiger partial charge in [0.05, 0.1) is 68.3 Å². The van der Waals surface area contributed by atoms with Crippen molar-refractivity contribution >= 4 is 110 Å². The van der Waals surface area contributed by atoms with Crippen molar-refractivity contribution in [3.05, 3.63) is 187 Å². The highest BCUT2D eigenvalue weighted by Gasteiger charge is 2.30. The summed E-state index contributed by atoms with van der Waals surface area (Å²) in [5, 5.41) is 2.18. The summed E-state index contributed by atoms with van der Waals surface area (Å²) in [6.45, 7) is 36.7. The third-order valence-electron chi connectivity index (χ3n) is 25.6. The summed E-state index contributed by atoms with van der Waals surface area (Å²) in [4.78, 5) is 58.7. The number of nitrogens with one attached hydrogen (secondary N) is 6. The molecule has 0 atom stereocenters. The molecule has 0 unspecified atom stereocenters. The Morgan fingerprint density at radius 2 is 0.384 bits per heavy atom. The minimum Gasteiger partial charge on any atom is -0.355 e. The van der Waals surface area contributed by atoms with Crippen LogP contribution in [-0.2, 0) is 38.5 Å². The lowest BCUT2D eigenvalue weighted by molar-refractivity contribution is 0.796. The molecule has 0 aliphatic carbocycles. The molecule has 0 spiro atoms. The van der Waals surface area contributed by atoms with Crippen molar-refractivity contribution in [2.75, 3.05) is 0 Å². The van der Waals surface area contributed by atoms with Gasteiger partial charge in [0.1, 0.15) is 0 Å². The Labute approximate surface area is 659 Å². The van der Waals surface area contributed by atoms with Gasteiger partial charge in [-0.05, 0) is 317 Å². The zero-order valence-corrected chi connectivity index (χ0v) is 69.1. The van der Waals surface area contributed by atoms with E-state index in [0.29, 0.717) is 0 Å². The molecular formula is C100H110N12. The van der Waals surface area contributed by atoms with E-state index >= 15 is 0 Å². The Bertz CT molecular complexity index is 6410. The number of hydrogen-bond acceptors (Lipinski definition) is 6. The van der Waals surface area contributed by atoms with Crippen LogP contribution in [0.5, 0.6) is 0 Å². The number of H-pyrrole nitrogens is 6.